The summed E-state index contributed by atoms with van der Waals surface area (Å²) in [5, 5.41) is 1.91. The third-order valence-corrected chi connectivity index (χ3v) is 7.15. The van der Waals surface area contributed by atoms with Crippen LogP contribution < -0.4 is 15.0 Å². The summed E-state index contributed by atoms with van der Waals surface area (Å²) in [4.78, 5) is 51.3. The molecule has 0 bridgehead atoms. The van der Waals surface area contributed by atoms with Gasteiger partial charge in [-0.25, -0.2) is 4.79 Å². The van der Waals surface area contributed by atoms with E-state index in [9.17, 15) is 19.2 Å². The van der Waals surface area contributed by atoms with Crippen molar-refractivity contribution in [2.45, 2.75) is 30.5 Å². The van der Waals surface area contributed by atoms with Gasteiger partial charge in [0, 0.05) is 5.69 Å². The number of ether oxygens (including phenoxy) is 2. The summed E-state index contributed by atoms with van der Waals surface area (Å²) >= 11 is 12.4. The van der Waals surface area contributed by atoms with Crippen molar-refractivity contribution in [1.29, 1.82) is 0 Å². The fraction of sp³-hybridized carbons (Fsp3) is 0.360. The molecule has 3 amide bonds. The standard InChI is InChI=1S/C25H24Cl2N2O6/c1-2-34-17-9-5-15(6-10-17)28-22(30)13-35-25(33)14-3-7-16(8-4-14)29-23(31)18-11-20(26)21(27)12-19(18)24(29)32/h3-10,18-21H,2,11-13H2,1H3,(H,28,30)/t18-,19-,20-,21+/m1/s1. The van der Waals surface area contributed by atoms with Crippen LogP contribution in [0.15, 0.2) is 48.5 Å². The molecule has 0 aromatic heterocycles. The second kappa shape index (κ2) is 10.7. The van der Waals surface area contributed by atoms with Crippen LogP contribution >= 0.6 is 23.2 Å². The third kappa shape index (κ3) is 5.44. The van der Waals surface area contributed by atoms with Gasteiger partial charge < -0.3 is 14.8 Å². The molecule has 1 saturated heterocycles. The van der Waals surface area contributed by atoms with Crippen LogP contribution in [0.2, 0.25) is 0 Å². The molecule has 1 aliphatic carbocycles. The number of esters is 1. The van der Waals surface area contributed by atoms with Gasteiger partial charge in [0.05, 0.1) is 40.4 Å². The number of carbonyl (C=O) groups is 4. The fourth-order valence-corrected chi connectivity index (χ4v) is 4.90. The average Bonchev–Trinajstić information content (AvgIpc) is 3.08. The predicted octanol–water partition coefficient (Wildman–Crippen LogP) is 4.00. The largest absolute Gasteiger partial charge is 0.494 e. The summed E-state index contributed by atoms with van der Waals surface area (Å²) in [5.41, 5.74) is 1.08. The topological polar surface area (TPSA) is 102 Å². The number of carbonyl (C=O) groups excluding carboxylic acids is 4. The van der Waals surface area contributed by atoms with Crippen LogP contribution in [0.4, 0.5) is 11.4 Å². The Morgan fingerprint density at radius 1 is 0.943 bits per heavy atom. The van der Waals surface area contributed by atoms with E-state index in [1.54, 1.807) is 24.3 Å². The van der Waals surface area contributed by atoms with E-state index in [1.165, 1.54) is 24.3 Å². The highest BCUT2D eigenvalue weighted by molar-refractivity contribution is 6.31. The molecule has 1 heterocycles. The van der Waals surface area contributed by atoms with Crippen LogP contribution in [0.5, 0.6) is 5.75 Å². The number of halogens is 2. The van der Waals surface area contributed by atoms with Crippen molar-refractivity contribution >= 4 is 58.3 Å². The van der Waals surface area contributed by atoms with Gasteiger partial charge in [0.25, 0.3) is 5.91 Å². The van der Waals surface area contributed by atoms with Gasteiger partial charge in [-0.2, -0.15) is 0 Å². The summed E-state index contributed by atoms with van der Waals surface area (Å²) in [7, 11) is 0. The molecule has 2 aliphatic rings. The molecule has 2 fully saturated rings. The molecule has 4 atom stereocenters. The van der Waals surface area contributed by atoms with E-state index >= 15 is 0 Å². The van der Waals surface area contributed by atoms with Crippen LogP contribution in [-0.4, -0.2) is 47.7 Å². The molecule has 0 radical (unpaired) electrons. The Balaban J connectivity index is 1.33. The zero-order chi connectivity index (χ0) is 25.1. The van der Waals surface area contributed by atoms with Gasteiger partial charge in [-0.3, -0.25) is 19.3 Å². The highest BCUT2D eigenvalue weighted by atomic mass is 35.5. The highest BCUT2D eigenvalue weighted by Crippen LogP contribution is 2.43. The molecule has 4 rings (SSSR count). The van der Waals surface area contributed by atoms with Crippen LogP contribution in [0.3, 0.4) is 0 Å². The van der Waals surface area contributed by atoms with E-state index in [0.29, 0.717) is 36.6 Å². The molecule has 2 aromatic rings. The number of alkyl halides is 2. The van der Waals surface area contributed by atoms with Crippen molar-refractivity contribution in [3.63, 3.8) is 0 Å². The summed E-state index contributed by atoms with van der Waals surface area (Å²) in [6.45, 7) is 1.94. The number of benzene rings is 2. The molecule has 10 heteroatoms. The molecule has 8 nitrogen and oxygen atoms in total. The average molecular weight is 519 g/mol. The van der Waals surface area contributed by atoms with Gasteiger partial charge in [-0.1, -0.05) is 0 Å². The smallest absolute Gasteiger partial charge is 0.338 e. The third-order valence-electron chi connectivity index (χ3n) is 6.06. The molecule has 2 aromatic carbocycles. The molecule has 0 spiro atoms. The minimum absolute atomic E-state index is 0.181. The SMILES string of the molecule is CCOc1ccc(NC(=O)COC(=O)c2ccc(N3C(=O)[C@@H]4C[C@@H](Cl)[C@@H](Cl)C[C@H]4C3=O)cc2)cc1. The highest BCUT2D eigenvalue weighted by Gasteiger charge is 2.52. The Morgan fingerprint density at radius 2 is 1.51 bits per heavy atom. The maximum absolute atomic E-state index is 12.9. The Labute approximate surface area is 212 Å². The molecule has 1 aliphatic heterocycles. The van der Waals surface area contributed by atoms with Gasteiger partial charge in [-0.15, -0.1) is 23.2 Å². The van der Waals surface area contributed by atoms with E-state index in [0.717, 1.165) is 4.90 Å². The van der Waals surface area contributed by atoms with Crippen molar-refractivity contribution in [3.05, 3.63) is 54.1 Å². The van der Waals surface area contributed by atoms with E-state index in [1.807, 2.05) is 6.92 Å². The summed E-state index contributed by atoms with van der Waals surface area (Å²) < 4.78 is 10.4. The van der Waals surface area contributed by atoms with Gasteiger partial charge in [0.1, 0.15) is 5.75 Å². The van der Waals surface area contributed by atoms with Crippen molar-refractivity contribution in [3.8, 4) is 5.75 Å². The summed E-state index contributed by atoms with van der Waals surface area (Å²) in [5.74, 6) is -2.11. The monoisotopic (exact) mass is 518 g/mol. The van der Waals surface area contributed by atoms with Crippen molar-refractivity contribution in [2.75, 3.05) is 23.4 Å². The Hall–Kier alpha value is -3.10. The zero-order valence-corrected chi connectivity index (χ0v) is 20.4. The number of hydrogen-bond acceptors (Lipinski definition) is 6. The van der Waals surface area contributed by atoms with Gasteiger partial charge in [-0.05, 0) is 68.3 Å². The molecular formula is C25H24Cl2N2O6. The number of hydrogen-bond donors (Lipinski definition) is 1. The molecule has 0 unspecified atom stereocenters. The quantitative estimate of drug-likeness (QED) is 0.337. The Morgan fingerprint density at radius 3 is 2.06 bits per heavy atom. The number of rotatable bonds is 7. The predicted molar refractivity (Wildman–Crippen MR) is 131 cm³/mol. The van der Waals surface area contributed by atoms with Crippen LogP contribution in [-0.2, 0) is 19.1 Å². The van der Waals surface area contributed by atoms with Crippen molar-refractivity contribution < 1.29 is 28.7 Å². The van der Waals surface area contributed by atoms with E-state index < -0.39 is 30.3 Å². The lowest BCUT2D eigenvalue weighted by Gasteiger charge is -2.28. The van der Waals surface area contributed by atoms with Crippen molar-refractivity contribution in [2.24, 2.45) is 11.8 Å². The first kappa shape index (κ1) is 25.0. The summed E-state index contributed by atoms with van der Waals surface area (Å²) in [6, 6.07) is 12.7. The lowest BCUT2D eigenvalue weighted by atomic mass is 9.80. The maximum atomic E-state index is 12.9. The van der Waals surface area contributed by atoms with Gasteiger partial charge >= 0.3 is 5.97 Å². The number of imide groups is 1. The molecule has 35 heavy (non-hydrogen) atoms. The number of fused-ring (bicyclic) bond motifs is 1. The van der Waals surface area contributed by atoms with E-state index in [-0.39, 0.29) is 28.1 Å². The van der Waals surface area contributed by atoms with Crippen LogP contribution in [0, 0.1) is 11.8 Å². The van der Waals surface area contributed by atoms with Crippen LogP contribution in [0.1, 0.15) is 30.1 Å². The van der Waals surface area contributed by atoms with E-state index in [2.05, 4.69) is 5.32 Å². The Kier molecular flexibility index (Phi) is 7.62. The Bertz CT molecular complexity index is 1090. The second-order valence-corrected chi connectivity index (χ2v) is 9.48. The number of amides is 3. The summed E-state index contributed by atoms with van der Waals surface area (Å²) in [6.07, 6.45) is 0.704. The van der Waals surface area contributed by atoms with Crippen LogP contribution in [0.25, 0.3) is 0 Å². The number of nitrogens with one attached hydrogen (secondary N) is 1. The second-order valence-electron chi connectivity index (χ2n) is 8.36. The first-order valence-corrected chi connectivity index (χ1v) is 12.1. The van der Waals surface area contributed by atoms with Gasteiger partial charge in [0.2, 0.25) is 11.8 Å². The van der Waals surface area contributed by atoms with E-state index in [4.69, 9.17) is 32.7 Å². The zero-order valence-electron chi connectivity index (χ0n) is 18.9. The molecule has 1 N–H and O–H groups in total. The number of nitrogens with zero attached hydrogens (tertiary/aromatic N) is 1. The minimum atomic E-state index is -0.707. The normalized spacial score (nSPS) is 23.6. The minimum Gasteiger partial charge on any atom is -0.494 e. The van der Waals surface area contributed by atoms with Gasteiger partial charge in [0.15, 0.2) is 6.61 Å². The molecule has 1 saturated carbocycles. The lowest BCUT2D eigenvalue weighted by Crippen LogP contribution is -2.34. The number of anilines is 2. The first-order valence-electron chi connectivity index (χ1n) is 11.2. The maximum Gasteiger partial charge on any atom is 0.338 e. The van der Waals surface area contributed by atoms with Crippen molar-refractivity contribution in [1.82, 2.24) is 0 Å². The fourth-order valence-electron chi connectivity index (χ4n) is 4.31. The first-order chi connectivity index (χ1) is 16.8. The molecule has 184 valence electrons. The molecular weight excluding hydrogens is 495 g/mol. The lowest BCUT2D eigenvalue weighted by molar-refractivity contribution is -0.122.